The molecule has 0 atom stereocenters. The molecule has 4 rings (SSSR count). The lowest BCUT2D eigenvalue weighted by Gasteiger charge is -2.41. The normalized spacial score (nSPS) is 32.1. The first-order valence-corrected chi connectivity index (χ1v) is 14.9. The molecule has 196 valence electrons. The maximum absolute atomic E-state index is 14.8. The van der Waals surface area contributed by atoms with Crippen LogP contribution in [-0.2, 0) is 0 Å². The first kappa shape index (κ1) is 26.7. The van der Waals surface area contributed by atoms with Crippen LogP contribution in [0.15, 0.2) is 24.3 Å². The summed E-state index contributed by atoms with van der Waals surface area (Å²) in [6.45, 7) is 4.64. The third kappa shape index (κ3) is 6.89. The van der Waals surface area contributed by atoms with Gasteiger partial charge in [-0.25, -0.2) is 4.39 Å². The predicted molar refractivity (Wildman–Crippen MR) is 142 cm³/mol. The molecule has 0 heterocycles. The second-order valence-electron chi connectivity index (χ2n) is 11.8. The lowest BCUT2D eigenvalue weighted by Crippen LogP contribution is -2.29. The summed E-state index contributed by atoms with van der Waals surface area (Å²) in [5.41, 5.74) is 0.564. The van der Waals surface area contributed by atoms with Crippen LogP contribution >= 0.6 is 0 Å². The van der Waals surface area contributed by atoms with E-state index in [0.717, 1.165) is 48.9 Å². The van der Waals surface area contributed by atoms with Crippen LogP contribution in [0, 0.1) is 41.2 Å². The van der Waals surface area contributed by atoms with Crippen LogP contribution in [0.25, 0.3) is 0 Å². The summed E-state index contributed by atoms with van der Waals surface area (Å²) in [5.74, 6) is 3.11. The van der Waals surface area contributed by atoms with Gasteiger partial charge in [0.15, 0.2) is 11.6 Å². The average Bonchev–Trinajstić information content (AvgIpc) is 2.90. The Labute approximate surface area is 213 Å². The van der Waals surface area contributed by atoms with Crippen molar-refractivity contribution in [1.82, 2.24) is 0 Å². The highest BCUT2D eigenvalue weighted by Crippen LogP contribution is 2.47. The van der Waals surface area contributed by atoms with Crippen LogP contribution in [0.5, 0.6) is 5.75 Å². The number of rotatable bonds is 9. The van der Waals surface area contributed by atoms with Crippen LogP contribution in [0.2, 0.25) is 0 Å². The van der Waals surface area contributed by atoms with Crippen molar-refractivity contribution in [2.24, 2.45) is 29.6 Å². The van der Waals surface area contributed by atoms with Crippen molar-refractivity contribution in [3.05, 3.63) is 41.5 Å². The summed E-state index contributed by atoms with van der Waals surface area (Å²) in [6.07, 6.45) is 23.8. The fourth-order valence-corrected chi connectivity index (χ4v) is 7.44. The minimum Gasteiger partial charge on any atom is -0.490 e. The molecular formula is C32H48F2O. The Morgan fingerprint density at radius 2 is 1.26 bits per heavy atom. The van der Waals surface area contributed by atoms with Gasteiger partial charge in [0.05, 0.1) is 6.61 Å². The molecule has 3 fully saturated rings. The lowest BCUT2D eigenvalue weighted by molar-refractivity contribution is 0.114. The van der Waals surface area contributed by atoms with Crippen molar-refractivity contribution >= 4 is 0 Å². The third-order valence-corrected chi connectivity index (χ3v) is 9.58. The van der Waals surface area contributed by atoms with Crippen LogP contribution in [-0.4, -0.2) is 6.61 Å². The minimum atomic E-state index is -0.803. The molecule has 0 unspecified atom stereocenters. The van der Waals surface area contributed by atoms with Crippen LogP contribution in [0.1, 0.15) is 122 Å². The van der Waals surface area contributed by atoms with Gasteiger partial charge in [0.25, 0.3) is 0 Å². The van der Waals surface area contributed by atoms with E-state index in [1.54, 1.807) is 12.1 Å². The topological polar surface area (TPSA) is 9.23 Å². The first-order valence-electron chi connectivity index (χ1n) is 14.9. The number of benzene rings is 1. The molecule has 3 saturated carbocycles. The fourth-order valence-electron chi connectivity index (χ4n) is 7.44. The lowest BCUT2D eigenvalue weighted by atomic mass is 9.64. The Balaban J connectivity index is 1.21. The van der Waals surface area contributed by atoms with Gasteiger partial charge < -0.3 is 4.74 Å². The highest BCUT2D eigenvalue weighted by molar-refractivity contribution is 5.33. The fraction of sp³-hybridized carbons (Fsp3) is 0.750. The molecule has 0 aliphatic heterocycles. The van der Waals surface area contributed by atoms with E-state index in [-0.39, 0.29) is 11.7 Å². The van der Waals surface area contributed by atoms with Crippen molar-refractivity contribution in [2.45, 2.75) is 116 Å². The predicted octanol–water partition coefficient (Wildman–Crippen LogP) is 10.00. The van der Waals surface area contributed by atoms with E-state index in [4.69, 9.17) is 4.74 Å². The number of hydrogen-bond acceptors (Lipinski definition) is 1. The van der Waals surface area contributed by atoms with Crippen LogP contribution < -0.4 is 4.74 Å². The summed E-state index contributed by atoms with van der Waals surface area (Å²) in [6, 6.07) is 3.40. The zero-order valence-electron chi connectivity index (χ0n) is 22.3. The van der Waals surface area contributed by atoms with E-state index < -0.39 is 11.6 Å². The molecule has 0 radical (unpaired) electrons. The molecule has 0 spiro atoms. The molecule has 0 N–H and O–H groups in total. The maximum atomic E-state index is 14.8. The molecule has 1 nitrogen and oxygen atoms in total. The van der Waals surface area contributed by atoms with Gasteiger partial charge in [0, 0.05) is 0 Å². The maximum Gasteiger partial charge on any atom is 0.200 e. The van der Waals surface area contributed by atoms with Gasteiger partial charge in [0.2, 0.25) is 5.82 Å². The summed E-state index contributed by atoms with van der Waals surface area (Å²) in [7, 11) is 0. The van der Waals surface area contributed by atoms with Gasteiger partial charge in [-0.2, -0.15) is 4.39 Å². The molecule has 3 heteroatoms. The summed E-state index contributed by atoms with van der Waals surface area (Å²) in [5, 5.41) is 0. The third-order valence-electron chi connectivity index (χ3n) is 9.58. The van der Waals surface area contributed by atoms with Gasteiger partial charge in [-0.1, -0.05) is 38.5 Å². The second kappa shape index (κ2) is 13.2. The summed E-state index contributed by atoms with van der Waals surface area (Å²) >= 11 is 0. The number of hydrogen-bond donors (Lipinski definition) is 0. The van der Waals surface area contributed by atoms with Crippen molar-refractivity contribution in [1.29, 1.82) is 0 Å². The molecule has 1 aromatic carbocycles. The van der Waals surface area contributed by atoms with Gasteiger partial charge in [0.1, 0.15) is 0 Å². The number of allylic oxidation sites excluding steroid dienone is 2. The average molecular weight is 487 g/mol. The quantitative estimate of drug-likeness (QED) is 0.315. The van der Waals surface area contributed by atoms with E-state index in [9.17, 15) is 8.78 Å². The highest BCUT2D eigenvalue weighted by atomic mass is 19.2. The number of halogens is 2. The summed E-state index contributed by atoms with van der Waals surface area (Å²) in [4.78, 5) is 0. The van der Waals surface area contributed by atoms with Gasteiger partial charge in [-0.3, -0.25) is 0 Å². The Bertz CT molecular complexity index is 794. The van der Waals surface area contributed by atoms with Crippen molar-refractivity contribution in [3.8, 4) is 5.75 Å². The van der Waals surface area contributed by atoms with Crippen LogP contribution in [0.3, 0.4) is 0 Å². The van der Waals surface area contributed by atoms with Gasteiger partial charge in [-0.15, -0.1) is 0 Å². The number of unbranched alkanes of at least 4 members (excludes halogenated alkanes) is 1. The molecule has 0 aromatic heterocycles. The molecule has 1 aromatic rings. The van der Waals surface area contributed by atoms with E-state index in [2.05, 4.69) is 19.1 Å². The molecule has 3 aliphatic carbocycles. The van der Waals surface area contributed by atoms with E-state index in [0.29, 0.717) is 12.2 Å². The molecule has 3 aliphatic rings. The standard InChI is InChI=1S/C32H48F2O/c1-3-5-6-7-23-8-10-24(11-9-23)25-12-14-26(15-13-25)27-16-18-28(19-17-27)29-20-21-30(35-22-4-2)32(34)31(29)33/h6-7,20-21,23-28H,3-5,8-19,22H2,1-2H3. The second-order valence-corrected chi connectivity index (χ2v) is 11.8. The molecular weight excluding hydrogens is 438 g/mol. The van der Waals surface area contributed by atoms with E-state index >= 15 is 0 Å². The Hall–Kier alpha value is -1.38. The van der Waals surface area contributed by atoms with Gasteiger partial charge >= 0.3 is 0 Å². The molecule has 0 bridgehead atoms. The Morgan fingerprint density at radius 3 is 1.80 bits per heavy atom. The highest BCUT2D eigenvalue weighted by Gasteiger charge is 2.35. The first-order chi connectivity index (χ1) is 17.1. The van der Waals surface area contributed by atoms with Gasteiger partial charge in [-0.05, 0) is 137 Å². The summed E-state index contributed by atoms with van der Waals surface area (Å²) < 4.78 is 34.6. The largest absolute Gasteiger partial charge is 0.490 e. The Kier molecular flexibility index (Phi) is 10.1. The molecule has 35 heavy (non-hydrogen) atoms. The van der Waals surface area contributed by atoms with E-state index in [1.165, 1.54) is 77.0 Å². The molecule has 0 saturated heterocycles. The zero-order chi connectivity index (χ0) is 24.6. The SMILES string of the molecule is CCCC=CC1CCC(C2CCC(C3CCC(c4ccc(OCCC)c(F)c4F)CC3)CC2)CC1. The molecule has 0 amide bonds. The minimum absolute atomic E-state index is 0.0555. The van der Waals surface area contributed by atoms with Crippen molar-refractivity contribution < 1.29 is 13.5 Å². The smallest absolute Gasteiger partial charge is 0.200 e. The number of ether oxygens (including phenoxy) is 1. The monoisotopic (exact) mass is 486 g/mol. The van der Waals surface area contributed by atoms with Crippen molar-refractivity contribution in [2.75, 3.05) is 6.61 Å². The van der Waals surface area contributed by atoms with Crippen LogP contribution in [0.4, 0.5) is 8.78 Å². The Morgan fingerprint density at radius 1 is 0.714 bits per heavy atom. The van der Waals surface area contributed by atoms with E-state index in [1.807, 2.05) is 6.92 Å². The van der Waals surface area contributed by atoms with Crippen molar-refractivity contribution in [3.63, 3.8) is 0 Å². The zero-order valence-corrected chi connectivity index (χ0v) is 22.3.